The molecule has 0 spiro atoms. The SMILES string of the molecule is O=C1OCCN1c1ccc(-c2ccccc2)cc1-c1ccc(F)c(F)c1. The van der Waals surface area contributed by atoms with Crippen molar-refractivity contribution >= 4 is 11.8 Å². The summed E-state index contributed by atoms with van der Waals surface area (Å²) < 4.78 is 32.2. The van der Waals surface area contributed by atoms with Crippen LogP contribution in [0.3, 0.4) is 0 Å². The molecule has 0 unspecified atom stereocenters. The van der Waals surface area contributed by atoms with Gasteiger partial charge in [-0.2, -0.15) is 0 Å². The van der Waals surface area contributed by atoms with Crippen LogP contribution in [0.1, 0.15) is 0 Å². The van der Waals surface area contributed by atoms with Crippen molar-refractivity contribution in [3.8, 4) is 22.3 Å². The van der Waals surface area contributed by atoms with Crippen LogP contribution in [0, 0.1) is 11.6 Å². The number of rotatable bonds is 3. The fourth-order valence-electron chi connectivity index (χ4n) is 3.09. The molecular formula is C21H15F2NO2. The molecule has 0 N–H and O–H groups in total. The highest BCUT2D eigenvalue weighted by molar-refractivity contribution is 5.96. The maximum Gasteiger partial charge on any atom is 0.414 e. The summed E-state index contributed by atoms with van der Waals surface area (Å²) in [4.78, 5) is 13.5. The Morgan fingerprint density at radius 3 is 2.27 bits per heavy atom. The lowest BCUT2D eigenvalue weighted by molar-refractivity contribution is 0.181. The van der Waals surface area contributed by atoms with Crippen molar-refractivity contribution < 1.29 is 18.3 Å². The topological polar surface area (TPSA) is 29.5 Å². The van der Waals surface area contributed by atoms with Crippen LogP contribution in [-0.2, 0) is 4.74 Å². The summed E-state index contributed by atoms with van der Waals surface area (Å²) in [7, 11) is 0. The van der Waals surface area contributed by atoms with Gasteiger partial charge in [0.25, 0.3) is 0 Å². The van der Waals surface area contributed by atoms with E-state index in [0.717, 1.165) is 23.3 Å². The third-order valence-electron chi connectivity index (χ3n) is 4.39. The maximum absolute atomic E-state index is 13.8. The van der Waals surface area contributed by atoms with Gasteiger partial charge in [-0.3, -0.25) is 4.90 Å². The van der Waals surface area contributed by atoms with E-state index in [1.807, 2.05) is 48.5 Å². The normalized spacial score (nSPS) is 13.8. The number of cyclic esters (lactones) is 1. The summed E-state index contributed by atoms with van der Waals surface area (Å²) in [6.45, 7) is 0.719. The third-order valence-corrected chi connectivity index (χ3v) is 4.39. The molecule has 5 heteroatoms. The second-order valence-corrected chi connectivity index (χ2v) is 5.99. The summed E-state index contributed by atoms with van der Waals surface area (Å²) in [5.41, 5.74) is 3.66. The van der Waals surface area contributed by atoms with E-state index >= 15 is 0 Å². The first-order valence-corrected chi connectivity index (χ1v) is 8.23. The molecule has 1 saturated heterocycles. The Hall–Kier alpha value is -3.21. The van der Waals surface area contributed by atoms with Crippen LogP contribution in [0.2, 0.25) is 0 Å². The molecule has 0 aromatic heterocycles. The molecule has 1 amide bonds. The summed E-state index contributed by atoms with van der Waals surface area (Å²) >= 11 is 0. The summed E-state index contributed by atoms with van der Waals surface area (Å²) in [6, 6.07) is 19.0. The maximum atomic E-state index is 13.8. The number of ether oxygens (including phenoxy) is 1. The summed E-state index contributed by atoms with van der Waals surface area (Å²) in [5, 5.41) is 0. The van der Waals surface area contributed by atoms with E-state index in [0.29, 0.717) is 30.0 Å². The molecule has 3 aromatic carbocycles. The lowest BCUT2D eigenvalue weighted by Crippen LogP contribution is -2.24. The van der Waals surface area contributed by atoms with E-state index in [-0.39, 0.29) is 0 Å². The number of carbonyl (C=O) groups excluding carboxylic acids is 1. The molecule has 0 atom stereocenters. The van der Waals surface area contributed by atoms with Gasteiger partial charge in [-0.05, 0) is 41.0 Å². The van der Waals surface area contributed by atoms with Gasteiger partial charge in [-0.1, -0.05) is 42.5 Å². The predicted molar refractivity (Wildman–Crippen MR) is 95.9 cm³/mol. The van der Waals surface area contributed by atoms with Crippen LogP contribution in [0.15, 0.2) is 66.7 Å². The van der Waals surface area contributed by atoms with Gasteiger partial charge in [0.1, 0.15) is 6.61 Å². The van der Waals surface area contributed by atoms with Gasteiger partial charge < -0.3 is 4.74 Å². The highest BCUT2D eigenvalue weighted by atomic mass is 19.2. The smallest absolute Gasteiger partial charge is 0.414 e. The molecule has 4 rings (SSSR count). The number of halogens is 2. The van der Waals surface area contributed by atoms with Crippen LogP contribution in [0.5, 0.6) is 0 Å². The van der Waals surface area contributed by atoms with Crippen molar-refractivity contribution in [1.29, 1.82) is 0 Å². The van der Waals surface area contributed by atoms with Crippen molar-refractivity contribution in [1.82, 2.24) is 0 Å². The molecule has 0 saturated carbocycles. The van der Waals surface area contributed by atoms with Crippen LogP contribution in [-0.4, -0.2) is 19.2 Å². The van der Waals surface area contributed by atoms with E-state index < -0.39 is 17.7 Å². The molecule has 0 aliphatic carbocycles. The second-order valence-electron chi connectivity index (χ2n) is 5.99. The van der Waals surface area contributed by atoms with Crippen LogP contribution >= 0.6 is 0 Å². The zero-order valence-corrected chi connectivity index (χ0v) is 13.8. The number of hydrogen-bond donors (Lipinski definition) is 0. The van der Waals surface area contributed by atoms with Crippen molar-refractivity contribution in [2.24, 2.45) is 0 Å². The molecule has 1 aliphatic heterocycles. The Morgan fingerprint density at radius 1 is 0.808 bits per heavy atom. The molecule has 0 radical (unpaired) electrons. The first kappa shape index (κ1) is 16.3. The average molecular weight is 351 g/mol. The minimum atomic E-state index is -0.928. The fraction of sp³-hybridized carbons (Fsp3) is 0.0952. The van der Waals surface area contributed by atoms with Crippen molar-refractivity contribution in [2.45, 2.75) is 0 Å². The lowest BCUT2D eigenvalue weighted by Gasteiger charge is -2.19. The molecule has 1 aliphatic rings. The van der Waals surface area contributed by atoms with E-state index in [4.69, 9.17) is 4.74 Å². The van der Waals surface area contributed by atoms with Gasteiger partial charge in [0.2, 0.25) is 0 Å². The van der Waals surface area contributed by atoms with Gasteiger partial charge >= 0.3 is 6.09 Å². The summed E-state index contributed by atoms with van der Waals surface area (Å²) in [6.07, 6.45) is -0.443. The Morgan fingerprint density at radius 2 is 1.58 bits per heavy atom. The number of amides is 1. The molecular weight excluding hydrogens is 336 g/mol. The number of hydrogen-bond acceptors (Lipinski definition) is 2. The molecule has 3 aromatic rings. The van der Waals surface area contributed by atoms with Crippen LogP contribution < -0.4 is 4.90 Å². The van der Waals surface area contributed by atoms with Crippen LogP contribution in [0.4, 0.5) is 19.3 Å². The third kappa shape index (κ3) is 2.92. The fourth-order valence-corrected chi connectivity index (χ4v) is 3.09. The van der Waals surface area contributed by atoms with Crippen molar-refractivity contribution in [3.63, 3.8) is 0 Å². The zero-order valence-electron chi connectivity index (χ0n) is 13.8. The van der Waals surface area contributed by atoms with E-state index in [1.54, 1.807) is 0 Å². The van der Waals surface area contributed by atoms with Crippen LogP contribution in [0.25, 0.3) is 22.3 Å². The number of anilines is 1. The molecule has 26 heavy (non-hydrogen) atoms. The van der Waals surface area contributed by atoms with Gasteiger partial charge in [-0.25, -0.2) is 13.6 Å². The number of carbonyl (C=O) groups is 1. The van der Waals surface area contributed by atoms with Gasteiger partial charge in [0.05, 0.1) is 12.2 Å². The highest BCUT2D eigenvalue weighted by Crippen LogP contribution is 2.36. The molecule has 0 bridgehead atoms. The van der Waals surface area contributed by atoms with Gasteiger partial charge in [0.15, 0.2) is 11.6 Å². The van der Waals surface area contributed by atoms with E-state index in [9.17, 15) is 13.6 Å². The molecule has 3 nitrogen and oxygen atoms in total. The van der Waals surface area contributed by atoms with Crippen molar-refractivity contribution in [2.75, 3.05) is 18.1 Å². The predicted octanol–water partition coefficient (Wildman–Crippen LogP) is 5.26. The second kappa shape index (κ2) is 6.59. The summed E-state index contributed by atoms with van der Waals surface area (Å²) in [5.74, 6) is -1.84. The zero-order chi connectivity index (χ0) is 18.1. The van der Waals surface area contributed by atoms with E-state index in [2.05, 4.69) is 0 Å². The number of benzene rings is 3. The standard InChI is InChI=1S/C21H15F2NO2/c22-18-8-6-16(13-19(18)23)17-12-15(14-4-2-1-3-5-14)7-9-20(17)24-10-11-26-21(24)25/h1-9,12-13H,10-11H2. The Bertz CT molecular complexity index is 973. The molecule has 1 fully saturated rings. The average Bonchev–Trinajstić information content (AvgIpc) is 3.10. The number of nitrogens with zero attached hydrogens (tertiary/aromatic N) is 1. The highest BCUT2D eigenvalue weighted by Gasteiger charge is 2.26. The molecule has 1 heterocycles. The Balaban J connectivity index is 1.89. The first-order chi connectivity index (χ1) is 12.6. The Kier molecular flexibility index (Phi) is 4.13. The monoisotopic (exact) mass is 351 g/mol. The Labute approximate surface area is 149 Å². The quantitative estimate of drug-likeness (QED) is 0.644. The molecule has 130 valence electrons. The minimum Gasteiger partial charge on any atom is -0.447 e. The largest absolute Gasteiger partial charge is 0.447 e. The van der Waals surface area contributed by atoms with Gasteiger partial charge in [0, 0.05) is 5.56 Å². The first-order valence-electron chi connectivity index (χ1n) is 8.23. The lowest BCUT2D eigenvalue weighted by atomic mass is 9.96. The van der Waals surface area contributed by atoms with Gasteiger partial charge in [-0.15, -0.1) is 0 Å². The van der Waals surface area contributed by atoms with E-state index in [1.165, 1.54) is 11.0 Å². The van der Waals surface area contributed by atoms with Crippen molar-refractivity contribution in [3.05, 3.63) is 78.4 Å². The minimum absolute atomic E-state index is 0.302.